The van der Waals surface area contributed by atoms with Gasteiger partial charge in [0, 0.05) is 52.3 Å². The molecule has 0 aliphatic heterocycles. The molecular weight excluding hydrogens is 398 g/mol. The number of para-hydroxylation sites is 1. The normalized spacial score (nSPS) is 11.7. The third-order valence-corrected chi connectivity index (χ3v) is 5.78. The number of nitrogens with zero attached hydrogens (tertiary/aromatic N) is 2. The zero-order chi connectivity index (χ0) is 20.9. The van der Waals surface area contributed by atoms with Crippen LogP contribution >= 0.6 is 11.3 Å². The number of aromatic amines is 1. The number of phenols is 1. The monoisotopic (exact) mass is 417 g/mol. The van der Waals surface area contributed by atoms with Crippen LogP contribution in [0.15, 0.2) is 73.3 Å². The quantitative estimate of drug-likeness (QED) is 0.338. The van der Waals surface area contributed by atoms with Crippen LogP contribution in [0.5, 0.6) is 5.75 Å². The highest BCUT2D eigenvalue weighted by Gasteiger charge is 2.22. The molecule has 30 heavy (non-hydrogen) atoms. The number of nitrogens with one attached hydrogen (secondary N) is 3. The van der Waals surface area contributed by atoms with Gasteiger partial charge in [-0.15, -0.1) is 11.3 Å². The lowest BCUT2D eigenvalue weighted by Gasteiger charge is -2.20. The summed E-state index contributed by atoms with van der Waals surface area (Å²) in [5, 5.41) is 28.5. The van der Waals surface area contributed by atoms with Gasteiger partial charge in [-0.25, -0.2) is 0 Å². The van der Waals surface area contributed by atoms with Crippen molar-refractivity contribution in [2.24, 2.45) is 0 Å². The van der Waals surface area contributed by atoms with Gasteiger partial charge in [0.25, 0.3) is 5.91 Å². The highest BCUT2D eigenvalue weighted by molar-refractivity contribution is 7.17. The third kappa shape index (κ3) is 4.28. The first-order chi connectivity index (χ1) is 14.6. The zero-order valence-electron chi connectivity index (χ0n) is 15.9. The van der Waals surface area contributed by atoms with Crippen LogP contribution in [-0.4, -0.2) is 31.9 Å². The van der Waals surface area contributed by atoms with E-state index in [0.717, 1.165) is 10.4 Å². The first-order valence-electron chi connectivity index (χ1n) is 9.27. The van der Waals surface area contributed by atoms with Crippen LogP contribution in [0.25, 0.3) is 10.4 Å². The largest absolute Gasteiger partial charge is 0.508 e. The molecule has 8 heteroatoms. The summed E-state index contributed by atoms with van der Waals surface area (Å²) in [6.07, 6.45) is 6.95. The summed E-state index contributed by atoms with van der Waals surface area (Å²) in [6, 6.07) is 13.5. The summed E-state index contributed by atoms with van der Waals surface area (Å²) in [6.45, 7) is 0. The molecule has 0 fully saturated rings. The molecule has 1 atom stereocenters. The number of carbonyl (C=O) groups excluding carboxylic acids is 1. The fraction of sp³-hybridized carbons (Fsp3) is 0.0909. The van der Waals surface area contributed by atoms with Crippen molar-refractivity contribution in [1.82, 2.24) is 20.5 Å². The molecule has 0 aliphatic carbocycles. The van der Waals surface area contributed by atoms with E-state index in [1.807, 2.05) is 6.07 Å². The average molecular weight is 417 g/mol. The summed E-state index contributed by atoms with van der Waals surface area (Å²) >= 11 is 1.36. The number of aromatic hydroxyl groups is 1. The van der Waals surface area contributed by atoms with E-state index in [0.29, 0.717) is 21.7 Å². The molecule has 0 saturated carbocycles. The lowest BCUT2D eigenvalue weighted by atomic mass is 9.97. The number of amides is 1. The lowest BCUT2D eigenvalue weighted by Crippen LogP contribution is -2.29. The Kier molecular flexibility index (Phi) is 5.67. The fourth-order valence-corrected chi connectivity index (χ4v) is 4.00. The number of hydrogen-bond acceptors (Lipinski definition) is 6. The van der Waals surface area contributed by atoms with E-state index in [4.69, 9.17) is 5.41 Å². The molecule has 4 rings (SSSR count). The van der Waals surface area contributed by atoms with Gasteiger partial charge in [0.2, 0.25) is 0 Å². The number of pyridine rings is 1. The Balaban J connectivity index is 1.57. The lowest BCUT2D eigenvalue weighted by molar-refractivity contribution is 0.0941. The van der Waals surface area contributed by atoms with Gasteiger partial charge in [0.05, 0.1) is 17.1 Å². The first-order valence-corrected chi connectivity index (χ1v) is 10.1. The van der Waals surface area contributed by atoms with Gasteiger partial charge < -0.3 is 15.8 Å². The molecule has 1 unspecified atom stereocenters. The second-order valence-electron chi connectivity index (χ2n) is 6.66. The van der Waals surface area contributed by atoms with Gasteiger partial charge in [-0.3, -0.25) is 14.9 Å². The molecule has 1 amide bonds. The molecular formula is C22H19N5O2S. The number of benzene rings is 1. The second kappa shape index (κ2) is 8.71. The van der Waals surface area contributed by atoms with Crippen molar-refractivity contribution in [2.45, 2.75) is 12.5 Å². The van der Waals surface area contributed by atoms with Crippen LogP contribution in [0.1, 0.15) is 33.3 Å². The molecule has 150 valence electrons. The van der Waals surface area contributed by atoms with Crippen molar-refractivity contribution in [1.29, 1.82) is 5.41 Å². The highest BCUT2D eigenvalue weighted by atomic mass is 32.1. The molecule has 3 heterocycles. The molecule has 0 spiro atoms. The van der Waals surface area contributed by atoms with Crippen LogP contribution in [0, 0.1) is 5.41 Å². The number of thiophene rings is 1. The summed E-state index contributed by atoms with van der Waals surface area (Å²) < 4.78 is 0. The SMILES string of the molecule is N=C(CC(NC(=O)c1ccc(-c2cn[nH]c2)s1)c1ccccc1O)c1cccnc1. The Labute approximate surface area is 177 Å². The van der Waals surface area contributed by atoms with E-state index in [1.165, 1.54) is 11.3 Å². The minimum absolute atomic E-state index is 0.0760. The minimum atomic E-state index is -0.564. The minimum Gasteiger partial charge on any atom is -0.508 e. The molecule has 0 radical (unpaired) electrons. The van der Waals surface area contributed by atoms with Crippen LogP contribution in [-0.2, 0) is 0 Å². The Morgan fingerprint density at radius 2 is 2.03 bits per heavy atom. The number of rotatable bonds is 7. The summed E-state index contributed by atoms with van der Waals surface area (Å²) in [7, 11) is 0. The van der Waals surface area contributed by atoms with Crippen LogP contribution in [0.4, 0.5) is 0 Å². The molecule has 1 aromatic carbocycles. The van der Waals surface area contributed by atoms with Crippen molar-refractivity contribution in [2.75, 3.05) is 0 Å². The standard InChI is InChI=1S/C22H19N5O2S/c23-17(14-4-3-9-24-11-14)10-18(16-5-1-2-6-19(16)28)27-22(29)21-8-7-20(30-21)15-12-25-26-13-15/h1-9,11-13,18,23,28H,10H2,(H,25,26)(H,27,29). The predicted octanol–water partition coefficient (Wildman–Crippen LogP) is 4.17. The number of phenolic OH excluding ortho intramolecular Hbond substituents is 1. The molecule has 0 bridgehead atoms. The van der Waals surface area contributed by atoms with Crippen molar-refractivity contribution in [3.63, 3.8) is 0 Å². The number of carbonyl (C=O) groups is 1. The second-order valence-corrected chi connectivity index (χ2v) is 7.74. The zero-order valence-corrected chi connectivity index (χ0v) is 16.7. The highest BCUT2D eigenvalue weighted by Crippen LogP contribution is 2.30. The van der Waals surface area contributed by atoms with Gasteiger partial charge in [0.1, 0.15) is 5.75 Å². The van der Waals surface area contributed by atoms with Crippen molar-refractivity contribution < 1.29 is 9.90 Å². The number of H-pyrrole nitrogens is 1. The van der Waals surface area contributed by atoms with Crippen LogP contribution in [0.2, 0.25) is 0 Å². The third-order valence-electron chi connectivity index (χ3n) is 4.65. The molecule has 3 aromatic heterocycles. The predicted molar refractivity (Wildman–Crippen MR) is 116 cm³/mol. The Bertz CT molecular complexity index is 1160. The Hall–Kier alpha value is -3.78. The average Bonchev–Trinajstić information content (AvgIpc) is 3.46. The van der Waals surface area contributed by atoms with E-state index in [-0.39, 0.29) is 18.1 Å². The maximum Gasteiger partial charge on any atom is 0.261 e. The van der Waals surface area contributed by atoms with Crippen molar-refractivity contribution >= 4 is 23.0 Å². The Morgan fingerprint density at radius 3 is 2.77 bits per heavy atom. The van der Waals surface area contributed by atoms with Gasteiger partial charge in [-0.05, 0) is 24.3 Å². The fourth-order valence-electron chi connectivity index (χ4n) is 3.11. The van der Waals surface area contributed by atoms with Crippen molar-refractivity contribution in [3.8, 4) is 16.2 Å². The van der Waals surface area contributed by atoms with Crippen LogP contribution in [0.3, 0.4) is 0 Å². The molecule has 4 aromatic rings. The summed E-state index contributed by atoms with van der Waals surface area (Å²) in [5.41, 5.74) is 2.47. The van der Waals surface area contributed by atoms with Gasteiger partial charge >= 0.3 is 0 Å². The van der Waals surface area contributed by atoms with E-state index < -0.39 is 6.04 Å². The maximum absolute atomic E-state index is 13.0. The topological polar surface area (TPSA) is 115 Å². The van der Waals surface area contributed by atoms with E-state index in [1.54, 1.807) is 67.3 Å². The van der Waals surface area contributed by atoms with Gasteiger partial charge in [0.15, 0.2) is 0 Å². The first kappa shape index (κ1) is 19.5. The smallest absolute Gasteiger partial charge is 0.261 e. The number of aromatic nitrogens is 3. The molecule has 0 aliphatic rings. The van der Waals surface area contributed by atoms with Gasteiger partial charge in [-0.2, -0.15) is 5.10 Å². The molecule has 7 nitrogen and oxygen atoms in total. The summed E-state index contributed by atoms with van der Waals surface area (Å²) in [4.78, 5) is 18.5. The van der Waals surface area contributed by atoms with Crippen molar-refractivity contribution in [3.05, 3.63) is 89.3 Å². The number of hydrogen-bond donors (Lipinski definition) is 4. The molecule has 4 N–H and O–H groups in total. The van der Waals surface area contributed by atoms with Crippen LogP contribution < -0.4 is 5.32 Å². The molecule has 0 saturated heterocycles. The maximum atomic E-state index is 13.0. The van der Waals surface area contributed by atoms with Gasteiger partial charge in [-0.1, -0.05) is 24.3 Å². The van der Waals surface area contributed by atoms with E-state index in [2.05, 4.69) is 20.5 Å². The Morgan fingerprint density at radius 1 is 1.17 bits per heavy atom. The van der Waals surface area contributed by atoms with E-state index in [9.17, 15) is 9.90 Å². The van der Waals surface area contributed by atoms with E-state index >= 15 is 0 Å². The summed E-state index contributed by atoms with van der Waals surface area (Å²) in [5.74, 6) is -0.186.